The molecule has 1 amide bonds. The van der Waals surface area contributed by atoms with Crippen LogP contribution in [0.5, 0.6) is 0 Å². The molecule has 0 unspecified atom stereocenters. The topological polar surface area (TPSA) is 103 Å². The van der Waals surface area contributed by atoms with Crippen molar-refractivity contribution in [2.45, 2.75) is 24.9 Å². The molecule has 0 radical (unpaired) electrons. The van der Waals surface area contributed by atoms with Crippen molar-refractivity contribution < 1.29 is 9.21 Å². The molecule has 0 fully saturated rings. The van der Waals surface area contributed by atoms with Gasteiger partial charge in [-0.25, -0.2) is 4.98 Å². The van der Waals surface area contributed by atoms with Crippen molar-refractivity contribution in [1.29, 1.82) is 0 Å². The Bertz CT molecular complexity index is 1350. The van der Waals surface area contributed by atoms with Crippen LogP contribution in [0.4, 0.5) is 6.01 Å². The standard InChI is InChI=1S/C21H17Cl2N5O3S/c1-11(2)18-26-27-20(31-18)25-17(29)10-32-21-24-16-9-13(23)5-8-15(16)19(30)28(21)14-6-3-12(22)4-7-14/h3-9,11H,10H2,1-2H3,(H,25,27,29). The quantitative estimate of drug-likeness (QED) is 0.302. The molecule has 32 heavy (non-hydrogen) atoms. The van der Waals surface area contributed by atoms with Crippen LogP contribution in [0, 0.1) is 0 Å². The van der Waals surface area contributed by atoms with E-state index in [1.807, 2.05) is 13.8 Å². The monoisotopic (exact) mass is 489 g/mol. The van der Waals surface area contributed by atoms with Gasteiger partial charge in [-0.2, -0.15) is 0 Å². The van der Waals surface area contributed by atoms with Crippen molar-refractivity contribution in [3.05, 3.63) is 68.8 Å². The molecule has 2 heterocycles. The molecule has 2 aromatic heterocycles. The average Bonchev–Trinajstić information content (AvgIpc) is 3.22. The molecule has 4 rings (SSSR count). The first kappa shape index (κ1) is 22.3. The Kier molecular flexibility index (Phi) is 6.50. The molecule has 11 heteroatoms. The summed E-state index contributed by atoms with van der Waals surface area (Å²) in [7, 11) is 0. The van der Waals surface area contributed by atoms with Crippen LogP contribution >= 0.6 is 35.0 Å². The first-order valence-corrected chi connectivity index (χ1v) is 11.3. The highest BCUT2D eigenvalue weighted by Gasteiger charge is 2.17. The average molecular weight is 490 g/mol. The van der Waals surface area contributed by atoms with Crippen LogP contribution in [0.25, 0.3) is 16.6 Å². The Balaban J connectivity index is 1.65. The normalized spacial score (nSPS) is 11.3. The lowest BCUT2D eigenvalue weighted by Gasteiger charge is -2.13. The Morgan fingerprint density at radius 1 is 1.12 bits per heavy atom. The number of hydrogen-bond donors (Lipinski definition) is 1. The van der Waals surface area contributed by atoms with E-state index in [9.17, 15) is 9.59 Å². The summed E-state index contributed by atoms with van der Waals surface area (Å²) >= 11 is 13.2. The van der Waals surface area contributed by atoms with Crippen molar-refractivity contribution >= 4 is 57.8 Å². The molecule has 0 aliphatic carbocycles. The van der Waals surface area contributed by atoms with E-state index in [1.165, 1.54) is 4.57 Å². The smallest absolute Gasteiger partial charge is 0.322 e. The summed E-state index contributed by atoms with van der Waals surface area (Å²) in [5, 5.41) is 12.0. The minimum atomic E-state index is -0.378. The molecule has 4 aromatic rings. The van der Waals surface area contributed by atoms with Gasteiger partial charge in [-0.15, -0.1) is 5.10 Å². The van der Waals surface area contributed by atoms with Gasteiger partial charge in [0, 0.05) is 16.0 Å². The number of fused-ring (bicyclic) bond motifs is 1. The van der Waals surface area contributed by atoms with Crippen LogP contribution in [0.2, 0.25) is 10.0 Å². The van der Waals surface area contributed by atoms with Gasteiger partial charge in [-0.1, -0.05) is 53.9 Å². The highest BCUT2D eigenvalue weighted by Crippen LogP contribution is 2.24. The molecule has 2 aromatic carbocycles. The Labute approximate surface area is 197 Å². The van der Waals surface area contributed by atoms with Crippen molar-refractivity contribution in [3.63, 3.8) is 0 Å². The Morgan fingerprint density at radius 3 is 2.53 bits per heavy atom. The lowest BCUT2D eigenvalue weighted by Crippen LogP contribution is -2.23. The van der Waals surface area contributed by atoms with Crippen molar-refractivity contribution in [2.75, 3.05) is 11.1 Å². The summed E-state index contributed by atoms with van der Waals surface area (Å²) in [5.41, 5.74) is 0.731. The fourth-order valence-electron chi connectivity index (χ4n) is 2.86. The first-order chi connectivity index (χ1) is 15.3. The number of aromatic nitrogens is 4. The molecular formula is C21H17Cl2N5O3S. The molecule has 0 spiro atoms. The third kappa shape index (κ3) is 4.79. The predicted molar refractivity (Wildman–Crippen MR) is 125 cm³/mol. The summed E-state index contributed by atoms with van der Waals surface area (Å²) in [6.45, 7) is 3.81. The van der Waals surface area contributed by atoms with Crippen molar-refractivity contribution in [1.82, 2.24) is 19.7 Å². The van der Waals surface area contributed by atoms with Crippen LogP contribution in [0.1, 0.15) is 25.7 Å². The largest absolute Gasteiger partial charge is 0.408 e. The van der Waals surface area contributed by atoms with Gasteiger partial charge >= 0.3 is 6.01 Å². The van der Waals surface area contributed by atoms with E-state index < -0.39 is 0 Å². The summed E-state index contributed by atoms with van der Waals surface area (Å²) in [6, 6.07) is 11.7. The van der Waals surface area contributed by atoms with E-state index in [4.69, 9.17) is 27.6 Å². The van der Waals surface area contributed by atoms with E-state index in [1.54, 1.807) is 42.5 Å². The predicted octanol–water partition coefficient (Wildman–Crippen LogP) is 4.93. The van der Waals surface area contributed by atoms with Gasteiger partial charge in [0.25, 0.3) is 5.56 Å². The molecular weight excluding hydrogens is 473 g/mol. The summed E-state index contributed by atoms with van der Waals surface area (Å²) in [5.74, 6) is 0.0607. The van der Waals surface area contributed by atoms with Gasteiger partial charge in [-0.3, -0.25) is 19.5 Å². The maximum absolute atomic E-state index is 13.2. The first-order valence-electron chi connectivity index (χ1n) is 9.56. The summed E-state index contributed by atoms with van der Waals surface area (Å²) in [4.78, 5) is 30.3. The molecule has 0 bridgehead atoms. The number of nitrogens with zero attached hydrogens (tertiary/aromatic N) is 4. The SMILES string of the molecule is CC(C)c1nnc(NC(=O)CSc2nc3cc(Cl)ccc3c(=O)n2-c2ccc(Cl)cc2)o1. The minimum absolute atomic E-state index is 0.0210. The zero-order valence-electron chi connectivity index (χ0n) is 17.0. The van der Waals surface area contributed by atoms with Gasteiger partial charge in [0.1, 0.15) is 0 Å². The van der Waals surface area contributed by atoms with Gasteiger partial charge < -0.3 is 4.42 Å². The number of rotatable bonds is 6. The van der Waals surface area contributed by atoms with Crippen LogP contribution < -0.4 is 10.9 Å². The van der Waals surface area contributed by atoms with Crippen LogP contribution in [-0.2, 0) is 4.79 Å². The summed E-state index contributed by atoms with van der Waals surface area (Å²) < 4.78 is 6.84. The molecule has 164 valence electrons. The third-order valence-electron chi connectivity index (χ3n) is 4.40. The number of halogens is 2. The maximum atomic E-state index is 13.2. The zero-order valence-corrected chi connectivity index (χ0v) is 19.3. The molecule has 0 saturated heterocycles. The molecule has 0 aliphatic heterocycles. The lowest BCUT2D eigenvalue weighted by molar-refractivity contribution is -0.113. The van der Waals surface area contributed by atoms with E-state index in [-0.39, 0.29) is 29.2 Å². The van der Waals surface area contributed by atoms with Gasteiger partial charge in [0.05, 0.1) is 22.3 Å². The van der Waals surface area contributed by atoms with Gasteiger partial charge in [0.2, 0.25) is 11.8 Å². The second kappa shape index (κ2) is 9.32. The van der Waals surface area contributed by atoms with Gasteiger partial charge in [-0.05, 0) is 42.5 Å². The second-order valence-corrected chi connectivity index (χ2v) is 8.93. The fraction of sp³-hybridized carbons (Fsp3) is 0.190. The Hall–Kier alpha value is -2.88. The number of carbonyl (C=O) groups excluding carboxylic acids is 1. The molecule has 0 atom stereocenters. The van der Waals surface area contributed by atoms with Crippen LogP contribution in [0.15, 0.2) is 56.8 Å². The molecule has 0 saturated carbocycles. The van der Waals surface area contributed by atoms with Gasteiger partial charge in [0.15, 0.2) is 5.16 Å². The lowest BCUT2D eigenvalue weighted by atomic mass is 10.2. The number of anilines is 1. The minimum Gasteiger partial charge on any atom is -0.408 e. The number of amides is 1. The highest BCUT2D eigenvalue weighted by atomic mass is 35.5. The second-order valence-electron chi connectivity index (χ2n) is 7.11. The van der Waals surface area contributed by atoms with Crippen molar-refractivity contribution in [2.24, 2.45) is 0 Å². The number of carbonyl (C=O) groups is 1. The van der Waals surface area contributed by atoms with E-state index >= 15 is 0 Å². The number of benzene rings is 2. The fourth-order valence-corrected chi connectivity index (χ4v) is 3.96. The number of hydrogen-bond acceptors (Lipinski definition) is 7. The number of thioether (sulfide) groups is 1. The number of nitrogens with one attached hydrogen (secondary N) is 1. The Morgan fingerprint density at radius 2 is 1.84 bits per heavy atom. The van der Waals surface area contributed by atoms with E-state index in [2.05, 4.69) is 20.5 Å². The third-order valence-corrected chi connectivity index (χ3v) is 5.82. The zero-order chi connectivity index (χ0) is 22.8. The molecule has 0 aliphatic rings. The molecule has 8 nitrogen and oxygen atoms in total. The van der Waals surface area contributed by atoms with Crippen molar-refractivity contribution in [3.8, 4) is 5.69 Å². The highest BCUT2D eigenvalue weighted by molar-refractivity contribution is 7.99. The maximum Gasteiger partial charge on any atom is 0.322 e. The van der Waals surface area contributed by atoms with E-state index in [0.29, 0.717) is 37.7 Å². The molecule has 1 N–H and O–H groups in total. The van der Waals surface area contributed by atoms with E-state index in [0.717, 1.165) is 11.8 Å². The van der Waals surface area contributed by atoms with Crippen LogP contribution in [0.3, 0.4) is 0 Å². The summed E-state index contributed by atoms with van der Waals surface area (Å²) in [6.07, 6.45) is 0. The van der Waals surface area contributed by atoms with Crippen LogP contribution in [-0.4, -0.2) is 31.4 Å².